The zero-order valence-corrected chi connectivity index (χ0v) is 11.4. The van der Waals surface area contributed by atoms with Gasteiger partial charge in [0.05, 0.1) is 0 Å². The molecule has 0 saturated carbocycles. The number of rotatable bonds is 6. The van der Waals surface area contributed by atoms with Crippen LogP contribution in [0, 0.1) is 11.6 Å². The third-order valence-electron chi connectivity index (χ3n) is 2.78. The second-order valence-electron chi connectivity index (χ2n) is 4.51. The number of nitrogens with one attached hydrogen (secondary N) is 2. The number of carbonyl (C=O) groups excluding carboxylic acids is 1. The Morgan fingerprint density at radius 2 is 1.82 bits per heavy atom. The van der Waals surface area contributed by atoms with Gasteiger partial charge in [0.1, 0.15) is 11.6 Å². The normalized spacial score (nSPS) is 12.8. The molecule has 22 heavy (non-hydrogen) atoms. The molecule has 3 N–H and O–H groups in total. The van der Waals surface area contributed by atoms with Gasteiger partial charge >= 0.3 is 12.2 Å². The second-order valence-corrected chi connectivity index (χ2v) is 4.51. The van der Waals surface area contributed by atoms with Crippen molar-refractivity contribution in [1.29, 1.82) is 0 Å². The van der Waals surface area contributed by atoms with Gasteiger partial charge in [-0.05, 0) is 24.5 Å². The molecule has 1 aromatic carbocycles. The van der Waals surface area contributed by atoms with Crippen molar-refractivity contribution >= 4 is 6.03 Å². The fourth-order valence-corrected chi connectivity index (χ4v) is 1.58. The lowest BCUT2D eigenvalue weighted by Gasteiger charge is -2.14. The molecule has 124 valence electrons. The SMILES string of the molecule is O=C(NCCc1ccc(F)cc1F)NCCC(O)C(F)(F)F. The first-order valence-corrected chi connectivity index (χ1v) is 6.40. The molecule has 0 bridgehead atoms. The largest absolute Gasteiger partial charge is 0.414 e. The Morgan fingerprint density at radius 3 is 2.41 bits per heavy atom. The Hall–Kier alpha value is -1.90. The van der Waals surface area contributed by atoms with Crippen molar-refractivity contribution < 1.29 is 31.9 Å². The lowest BCUT2D eigenvalue weighted by Crippen LogP contribution is -2.39. The highest BCUT2D eigenvalue weighted by molar-refractivity contribution is 5.73. The number of carbonyl (C=O) groups is 1. The minimum atomic E-state index is -4.72. The number of halogens is 5. The molecule has 1 aromatic rings. The third-order valence-corrected chi connectivity index (χ3v) is 2.78. The van der Waals surface area contributed by atoms with Gasteiger partial charge in [-0.15, -0.1) is 0 Å². The van der Waals surface area contributed by atoms with Gasteiger partial charge in [-0.1, -0.05) is 6.07 Å². The van der Waals surface area contributed by atoms with E-state index in [0.717, 1.165) is 6.07 Å². The quantitative estimate of drug-likeness (QED) is 0.701. The minimum absolute atomic E-state index is 0.0240. The zero-order chi connectivity index (χ0) is 16.8. The first-order chi connectivity index (χ1) is 10.2. The van der Waals surface area contributed by atoms with Gasteiger partial charge in [0, 0.05) is 19.2 Å². The van der Waals surface area contributed by atoms with Crippen molar-refractivity contribution in [3.8, 4) is 0 Å². The maximum absolute atomic E-state index is 13.3. The minimum Gasteiger partial charge on any atom is -0.384 e. The molecule has 0 aliphatic rings. The van der Waals surface area contributed by atoms with Crippen molar-refractivity contribution in [1.82, 2.24) is 10.6 Å². The van der Waals surface area contributed by atoms with E-state index in [0.29, 0.717) is 6.07 Å². The molecule has 2 amide bonds. The summed E-state index contributed by atoms with van der Waals surface area (Å²) in [6.07, 6.45) is -7.78. The Bertz CT molecular complexity index is 508. The van der Waals surface area contributed by atoms with Crippen molar-refractivity contribution in [3.05, 3.63) is 35.4 Å². The average molecular weight is 326 g/mol. The van der Waals surface area contributed by atoms with E-state index in [-0.39, 0.29) is 25.1 Å². The number of aliphatic hydroxyl groups is 1. The van der Waals surface area contributed by atoms with Crippen LogP contribution in [0.5, 0.6) is 0 Å². The number of amides is 2. The fraction of sp³-hybridized carbons (Fsp3) is 0.462. The van der Waals surface area contributed by atoms with Crippen LogP contribution in [0.1, 0.15) is 12.0 Å². The molecule has 0 saturated heterocycles. The van der Waals surface area contributed by atoms with Crippen molar-refractivity contribution in [3.63, 3.8) is 0 Å². The topological polar surface area (TPSA) is 61.4 Å². The van der Waals surface area contributed by atoms with Gasteiger partial charge in [-0.3, -0.25) is 0 Å². The van der Waals surface area contributed by atoms with Gasteiger partial charge in [0.15, 0.2) is 6.10 Å². The molecule has 1 rings (SSSR count). The number of aliphatic hydroxyl groups excluding tert-OH is 1. The Balaban J connectivity index is 2.24. The molecular weight excluding hydrogens is 311 g/mol. The van der Waals surface area contributed by atoms with Crippen LogP contribution >= 0.6 is 0 Å². The molecule has 0 radical (unpaired) electrons. The predicted molar refractivity (Wildman–Crippen MR) is 68.1 cm³/mol. The lowest BCUT2D eigenvalue weighted by atomic mass is 10.1. The summed E-state index contributed by atoms with van der Waals surface area (Å²) >= 11 is 0. The number of urea groups is 1. The highest BCUT2D eigenvalue weighted by atomic mass is 19.4. The molecule has 0 aromatic heterocycles. The Morgan fingerprint density at radius 1 is 1.18 bits per heavy atom. The van der Waals surface area contributed by atoms with Crippen LogP contribution in [0.25, 0.3) is 0 Å². The molecule has 9 heteroatoms. The summed E-state index contributed by atoms with van der Waals surface area (Å²) in [4.78, 5) is 11.3. The Kier molecular flexibility index (Phi) is 6.54. The third kappa shape index (κ3) is 6.25. The Labute approximate surface area is 123 Å². The summed E-state index contributed by atoms with van der Waals surface area (Å²) in [5.74, 6) is -1.45. The van der Waals surface area contributed by atoms with Crippen LogP contribution in [-0.2, 0) is 6.42 Å². The van der Waals surface area contributed by atoms with Gasteiger partial charge < -0.3 is 15.7 Å². The summed E-state index contributed by atoms with van der Waals surface area (Å²) in [5.41, 5.74) is 0.203. The first kappa shape index (κ1) is 18.1. The highest BCUT2D eigenvalue weighted by Crippen LogP contribution is 2.21. The molecule has 0 aliphatic heterocycles. The van der Waals surface area contributed by atoms with E-state index in [4.69, 9.17) is 5.11 Å². The van der Waals surface area contributed by atoms with Crippen LogP contribution in [0.15, 0.2) is 18.2 Å². The van der Waals surface area contributed by atoms with E-state index in [1.54, 1.807) is 0 Å². The summed E-state index contributed by atoms with van der Waals surface area (Å²) in [7, 11) is 0. The van der Waals surface area contributed by atoms with E-state index in [2.05, 4.69) is 10.6 Å². The maximum atomic E-state index is 13.3. The summed E-state index contributed by atoms with van der Waals surface area (Å²) in [6.45, 7) is -0.340. The monoisotopic (exact) mass is 326 g/mol. The van der Waals surface area contributed by atoms with Crippen LogP contribution in [0.3, 0.4) is 0 Å². The van der Waals surface area contributed by atoms with E-state index in [1.165, 1.54) is 6.07 Å². The van der Waals surface area contributed by atoms with E-state index in [9.17, 15) is 26.7 Å². The number of hydrogen-bond donors (Lipinski definition) is 3. The summed E-state index contributed by atoms with van der Waals surface area (Å²) in [5, 5.41) is 13.2. The van der Waals surface area contributed by atoms with Gasteiger partial charge in [-0.25, -0.2) is 13.6 Å². The lowest BCUT2D eigenvalue weighted by molar-refractivity contribution is -0.204. The van der Waals surface area contributed by atoms with E-state index >= 15 is 0 Å². The summed E-state index contributed by atoms with van der Waals surface area (Å²) < 4.78 is 61.9. The van der Waals surface area contributed by atoms with Crippen molar-refractivity contribution in [2.45, 2.75) is 25.1 Å². The molecule has 1 atom stereocenters. The van der Waals surface area contributed by atoms with E-state index < -0.39 is 36.4 Å². The smallest absolute Gasteiger partial charge is 0.384 e. The summed E-state index contributed by atoms with van der Waals surface area (Å²) in [6, 6.07) is 2.30. The van der Waals surface area contributed by atoms with E-state index in [1.807, 2.05) is 0 Å². The van der Waals surface area contributed by atoms with Crippen LogP contribution in [0.2, 0.25) is 0 Å². The molecule has 0 fully saturated rings. The number of hydrogen-bond acceptors (Lipinski definition) is 2. The highest BCUT2D eigenvalue weighted by Gasteiger charge is 2.37. The van der Waals surface area contributed by atoms with Crippen molar-refractivity contribution in [2.75, 3.05) is 13.1 Å². The average Bonchev–Trinajstić information content (AvgIpc) is 2.40. The van der Waals surface area contributed by atoms with Crippen molar-refractivity contribution in [2.24, 2.45) is 0 Å². The molecule has 0 heterocycles. The fourth-order valence-electron chi connectivity index (χ4n) is 1.58. The second kappa shape index (κ2) is 7.92. The van der Waals surface area contributed by atoms with Gasteiger partial charge in [0.25, 0.3) is 0 Å². The first-order valence-electron chi connectivity index (χ1n) is 6.40. The number of benzene rings is 1. The van der Waals surface area contributed by atoms with Gasteiger partial charge in [0.2, 0.25) is 0 Å². The maximum Gasteiger partial charge on any atom is 0.414 e. The zero-order valence-electron chi connectivity index (χ0n) is 11.4. The van der Waals surface area contributed by atoms with Crippen LogP contribution in [-0.4, -0.2) is 36.5 Å². The molecule has 0 spiro atoms. The molecule has 4 nitrogen and oxygen atoms in total. The van der Waals surface area contributed by atoms with Gasteiger partial charge in [-0.2, -0.15) is 13.2 Å². The molecular formula is C13H15F5N2O2. The molecule has 0 aliphatic carbocycles. The van der Waals surface area contributed by atoms with Crippen LogP contribution < -0.4 is 10.6 Å². The standard InChI is InChI=1S/C13H15F5N2O2/c14-9-2-1-8(10(15)7-9)3-5-19-12(22)20-6-4-11(21)13(16,17)18/h1-2,7,11,21H,3-6H2,(H2,19,20,22). The number of alkyl halides is 3. The van der Waals surface area contributed by atoms with Crippen LogP contribution in [0.4, 0.5) is 26.7 Å². The predicted octanol–water partition coefficient (Wildman–Crippen LogP) is 2.12. The molecule has 1 unspecified atom stereocenters.